The highest BCUT2D eigenvalue weighted by Gasteiger charge is 2.17. The molecule has 6 nitrogen and oxygen atoms in total. The van der Waals surface area contributed by atoms with Crippen LogP contribution in [0.2, 0.25) is 0 Å². The molecule has 2 aromatic rings. The zero-order valence-corrected chi connectivity index (χ0v) is 16.4. The number of hydrogen-bond acceptors (Lipinski definition) is 4. The van der Waals surface area contributed by atoms with Crippen LogP contribution in [0.15, 0.2) is 54.6 Å². The van der Waals surface area contributed by atoms with Crippen LogP contribution in [-0.2, 0) is 9.59 Å². The largest absolute Gasteiger partial charge is 0.425 e. The minimum atomic E-state index is -0.525. The van der Waals surface area contributed by atoms with E-state index in [0.29, 0.717) is 29.3 Å². The van der Waals surface area contributed by atoms with Crippen LogP contribution in [0.5, 0.6) is 5.75 Å². The minimum absolute atomic E-state index is 0.104. The summed E-state index contributed by atoms with van der Waals surface area (Å²) in [6.07, 6.45) is 6.27. The fraction of sp³-hybridized carbons (Fsp3) is 0.348. The Morgan fingerprint density at radius 3 is 2.28 bits per heavy atom. The van der Waals surface area contributed by atoms with Crippen LogP contribution in [0, 0.1) is 5.92 Å². The number of esters is 1. The summed E-state index contributed by atoms with van der Waals surface area (Å²) in [5.74, 6) is -0.0560. The van der Waals surface area contributed by atoms with Gasteiger partial charge in [0.1, 0.15) is 12.3 Å². The highest BCUT2D eigenvalue weighted by atomic mass is 16.5. The van der Waals surface area contributed by atoms with Crippen LogP contribution in [0.25, 0.3) is 0 Å². The Bertz CT molecular complexity index is 828. The van der Waals surface area contributed by atoms with Gasteiger partial charge in [-0.05, 0) is 55.2 Å². The normalized spacial score (nSPS) is 14.1. The maximum atomic E-state index is 12.1. The summed E-state index contributed by atoms with van der Waals surface area (Å²) in [4.78, 5) is 36.1. The number of rotatable bonds is 7. The number of ether oxygens (including phenoxy) is 1. The maximum absolute atomic E-state index is 12.1. The molecule has 6 heteroatoms. The Morgan fingerprint density at radius 2 is 1.59 bits per heavy atom. The Hall–Kier alpha value is -3.15. The molecule has 3 rings (SSSR count). The first-order chi connectivity index (χ1) is 14.1. The van der Waals surface area contributed by atoms with Crippen molar-refractivity contribution >= 4 is 23.5 Å². The molecule has 0 heterocycles. The average molecular weight is 394 g/mol. The summed E-state index contributed by atoms with van der Waals surface area (Å²) in [7, 11) is 0. The molecule has 0 spiro atoms. The number of carbonyl (C=O) groups is 3. The van der Waals surface area contributed by atoms with Gasteiger partial charge in [-0.2, -0.15) is 0 Å². The van der Waals surface area contributed by atoms with Crippen LogP contribution >= 0.6 is 0 Å². The van der Waals surface area contributed by atoms with E-state index in [0.717, 1.165) is 12.8 Å². The van der Waals surface area contributed by atoms with Gasteiger partial charge >= 0.3 is 5.97 Å². The molecule has 0 bridgehead atoms. The van der Waals surface area contributed by atoms with E-state index in [1.54, 1.807) is 48.5 Å². The van der Waals surface area contributed by atoms with E-state index >= 15 is 0 Å². The lowest BCUT2D eigenvalue weighted by Crippen LogP contribution is -2.33. The second-order valence-electron chi connectivity index (χ2n) is 7.30. The number of hydrogen-bond donors (Lipinski definition) is 2. The predicted molar refractivity (Wildman–Crippen MR) is 111 cm³/mol. The fourth-order valence-corrected chi connectivity index (χ4v) is 3.46. The van der Waals surface area contributed by atoms with Crippen molar-refractivity contribution in [3.8, 4) is 5.75 Å². The van der Waals surface area contributed by atoms with E-state index in [1.807, 2.05) is 6.07 Å². The topological polar surface area (TPSA) is 84.5 Å². The second kappa shape index (κ2) is 10.4. The summed E-state index contributed by atoms with van der Waals surface area (Å²) < 4.78 is 5.23. The Morgan fingerprint density at radius 1 is 0.897 bits per heavy atom. The molecular formula is C23H26N2O4. The standard InChI is InChI=1S/C23H26N2O4/c26-21(15-17-7-3-1-4-8-17)24-16-22(27)29-20-13-11-19(12-14-20)25-23(28)18-9-5-2-6-10-18/h2,5-6,9-14,17H,1,3-4,7-8,15-16H2,(H,24,26)(H,25,28). The highest BCUT2D eigenvalue weighted by molar-refractivity contribution is 6.04. The third-order valence-corrected chi connectivity index (χ3v) is 5.01. The number of carbonyl (C=O) groups excluding carboxylic acids is 3. The molecule has 0 saturated heterocycles. The van der Waals surface area contributed by atoms with Gasteiger partial charge in [0.05, 0.1) is 0 Å². The van der Waals surface area contributed by atoms with Gasteiger partial charge in [0.15, 0.2) is 0 Å². The summed E-state index contributed by atoms with van der Waals surface area (Å²) in [5, 5.41) is 5.42. The van der Waals surface area contributed by atoms with Crippen molar-refractivity contribution in [1.29, 1.82) is 0 Å². The van der Waals surface area contributed by atoms with Gasteiger partial charge in [0.25, 0.3) is 5.91 Å². The van der Waals surface area contributed by atoms with Crippen molar-refractivity contribution in [2.45, 2.75) is 38.5 Å². The Kier molecular flexibility index (Phi) is 7.39. The van der Waals surface area contributed by atoms with Gasteiger partial charge in [-0.1, -0.05) is 37.5 Å². The molecule has 2 aromatic carbocycles. The molecule has 0 radical (unpaired) electrons. The maximum Gasteiger partial charge on any atom is 0.330 e. The van der Waals surface area contributed by atoms with Crippen molar-refractivity contribution < 1.29 is 19.1 Å². The summed E-state index contributed by atoms with van der Waals surface area (Å²) in [6.45, 7) is -0.155. The van der Waals surface area contributed by atoms with Gasteiger partial charge in [0, 0.05) is 17.7 Å². The smallest absolute Gasteiger partial charge is 0.330 e. The molecule has 2 amide bonds. The predicted octanol–water partition coefficient (Wildman–Crippen LogP) is 3.93. The first-order valence-electron chi connectivity index (χ1n) is 10.0. The molecule has 0 aliphatic heterocycles. The summed E-state index contributed by atoms with van der Waals surface area (Å²) in [6, 6.07) is 15.4. The number of benzene rings is 2. The third-order valence-electron chi connectivity index (χ3n) is 5.01. The average Bonchev–Trinajstić information content (AvgIpc) is 2.75. The van der Waals surface area contributed by atoms with E-state index in [4.69, 9.17) is 4.74 Å². The van der Waals surface area contributed by atoms with Gasteiger partial charge in [0.2, 0.25) is 5.91 Å². The van der Waals surface area contributed by atoms with Crippen molar-refractivity contribution in [1.82, 2.24) is 5.32 Å². The summed E-state index contributed by atoms with van der Waals surface area (Å²) >= 11 is 0. The molecule has 0 atom stereocenters. The van der Waals surface area contributed by atoms with Gasteiger partial charge < -0.3 is 15.4 Å². The van der Waals surface area contributed by atoms with Crippen molar-refractivity contribution in [3.05, 3.63) is 60.2 Å². The lowest BCUT2D eigenvalue weighted by Gasteiger charge is -2.20. The van der Waals surface area contributed by atoms with E-state index in [1.165, 1.54) is 19.3 Å². The lowest BCUT2D eigenvalue weighted by atomic mass is 9.87. The van der Waals surface area contributed by atoms with Crippen LogP contribution in [-0.4, -0.2) is 24.3 Å². The quantitative estimate of drug-likeness (QED) is 0.550. The Balaban J connectivity index is 1.41. The zero-order chi connectivity index (χ0) is 20.5. The highest BCUT2D eigenvalue weighted by Crippen LogP contribution is 2.26. The monoisotopic (exact) mass is 394 g/mol. The molecule has 1 aliphatic carbocycles. The SMILES string of the molecule is O=C(CC1CCCCC1)NCC(=O)Oc1ccc(NC(=O)c2ccccc2)cc1. The van der Waals surface area contributed by atoms with Gasteiger partial charge in [-0.15, -0.1) is 0 Å². The van der Waals surface area contributed by atoms with E-state index in [2.05, 4.69) is 10.6 Å². The van der Waals surface area contributed by atoms with E-state index < -0.39 is 5.97 Å². The fourth-order valence-electron chi connectivity index (χ4n) is 3.46. The number of nitrogens with one attached hydrogen (secondary N) is 2. The lowest BCUT2D eigenvalue weighted by molar-refractivity contribution is -0.135. The van der Waals surface area contributed by atoms with Crippen LogP contribution < -0.4 is 15.4 Å². The molecule has 1 saturated carbocycles. The first kappa shape index (κ1) is 20.6. The van der Waals surface area contributed by atoms with Crippen LogP contribution in [0.4, 0.5) is 5.69 Å². The number of anilines is 1. The molecule has 0 unspecified atom stereocenters. The molecule has 152 valence electrons. The molecule has 1 fully saturated rings. The van der Waals surface area contributed by atoms with Gasteiger partial charge in [-0.3, -0.25) is 9.59 Å². The first-order valence-corrected chi connectivity index (χ1v) is 10.0. The van der Waals surface area contributed by atoms with E-state index in [9.17, 15) is 14.4 Å². The van der Waals surface area contributed by atoms with Crippen molar-refractivity contribution in [2.24, 2.45) is 5.92 Å². The van der Waals surface area contributed by atoms with Crippen LogP contribution in [0.1, 0.15) is 48.9 Å². The van der Waals surface area contributed by atoms with Crippen molar-refractivity contribution in [2.75, 3.05) is 11.9 Å². The third kappa shape index (κ3) is 6.75. The Labute approximate surface area is 170 Å². The molecule has 1 aliphatic rings. The number of amides is 2. The molecule has 0 aromatic heterocycles. The summed E-state index contributed by atoms with van der Waals surface area (Å²) in [5.41, 5.74) is 1.16. The van der Waals surface area contributed by atoms with Crippen molar-refractivity contribution in [3.63, 3.8) is 0 Å². The molecule has 29 heavy (non-hydrogen) atoms. The molecular weight excluding hydrogens is 368 g/mol. The minimum Gasteiger partial charge on any atom is -0.425 e. The second-order valence-corrected chi connectivity index (χ2v) is 7.30. The van der Waals surface area contributed by atoms with Crippen LogP contribution in [0.3, 0.4) is 0 Å². The molecule has 2 N–H and O–H groups in total. The van der Waals surface area contributed by atoms with E-state index in [-0.39, 0.29) is 18.4 Å². The zero-order valence-electron chi connectivity index (χ0n) is 16.4. The van der Waals surface area contributed by atoms with Gasteiger partial charge in [-0.25, -0.2) is 4.79 Å².